The lowest BCUT2D eigenvalue weighted by molar-refractivity contribution is 0.0643. The van der Waals surface area contributed by atoms with Crippen LogP contribution in [0.2, 0.25) is 0 Å². The maximum Gasteiger partial charge on any atom is 0.186 e. The molecule has 0 aliphatic carbocycles. The number of rotatable bonds is 3. The molecule has 1 saturated heterocycles. The largest absolute Gasteiger partial charge is 0.391 e. The van der Waals surface area contributed by atoms with Crippen molar-refractivity contribution in [3.05, 3.63) is 10.6 Å². The Morgan fingerprint density at radius 2 is 2.29 bits per heavy atom. The van der Waals surface area contributed by atoms with Crippen molar-refractivity contribution in [3.8, 4) is 0 Å². The van der Waals surface area contributed by atoms with Crippen LogP contribution in [-0.4, -0.2) is 35.4 Å². The third-order valence-corrected chi connectivity index (χ3v) is 4.23. The zero-order chi connectivity index (χ0) is 12.5. The zero-order valence-corrected chi connectivity index (χ0v) is 11.5. The van der Waals surface area contributed by atoms with E-state index in [0.29, 0.717) is 0 Å². The molecule has 0 amide bonds. The molecule has 0 aromatic carbocycles. The van der Waals surface area contributed by atoms with Gasteiger partial charge in [-0.05, 0) is 20.3 Å². The number of aliphatic hydroxyl groups excluding tert-OH is 1. The first kappa shape index (κ1) is 12.8. The average molecular weight is 256 g/mol. The Bertz CT molecular complexity index is 368. The summed E-state index contributed by atoms with van der Waals surface area (Å²) in [6.07, 6.45) is 0.872. The van der Waals surface area contributed by atoms with Gasteiger partial charge >= 0.3 is 0 Å². The molecule has 0 atom stereocenters. The predicted molar refractivity (Wildman–Crippen MR) is 69.7 cm³/mol. The van der Waals surface area contributed by atoms with E-state index in [-0.39, 0.29) is 12.1 Å². The normalized spacial score (nSPS) is 19.6. The second kappa shape index (κ2) is 4.92. The van der Waals surface area contributed by atoms with E-state index in [4.69, 9.17) is 4.74 Å². The number of thiazole rings is 1. The van der Waals surface area contributed by atoms with Crippen molar-refractivity contribution in [1.29, 1.82) is 0 Å². The minimum absolute atomic E-state index is 0.0200. The number of aliphatic hydroxyl groups is 1. The van der Waals surface area contributed by atoms with Gasteiger partial charge in [-0.3, -0.25) is 0 Å². The smallest absolute Gasteiger partial charge is 0.186 e. The highest BCUT2D eigenvalue weighted by Crippen LogP contribution is 2.32. The summed E-state index contributed by atoms with van der Waals surface area (Å²) in [4.78, 5) is 7.93. The first-order chi connectivity index (χ1) is 8.08. The molecule has 96 valence electrons. The van der Waals surface area contributed by atoms with E-state index in [1.807, 2.05) is 0 Å². The quantitative estimate of drug-likeness (QED) is 0.896. The molecule has 4 nitrogen and oxygen atoms in total. The molecule has 0 radical (unpaired) electrons. The van der Waals surface area contributed by atoms with Gasteiger partial charge in [-0.25, -0.2) is 4.98 Å². The molecule has 1 aliphatic heterocycles. The fourth-order valence-corrected chi connectivity index (χ4v) is 3.30. The minimum atomic E-state index is -0.0200. The SMILES string of the molecule is CCc1nc(N2CCOCC2(C)C)sc1CO. The molecule has 5 heteroatoms. The van der Waals surface area contributed by atoms with Crippen molar-refractivity contribution in [3.63, 3.8) is 0 Å². The standard InChI is InChI=1S/C12H20N2O2S/c1-4-9-10(7-15)17-11(13-9)14-5-6-16-8-12(14,2)3/h15H,4-8H2,1-3H3. The second-order valence-corrected chi connectivity index (χ2v) is 5.96. The monoisotopic (exact) mass is 256 g/mol. The first-order valence-corrected chi connectivity index (χ1v) is 6.85. The summed E-state index contributed by atoms with van der Waals surface area (Å²) in [5.41, 5.74) is 1.00. The van der Waals surface area contributed by atoms with E-state index < -0.39 is 0 Å². The van der Waals surface area contributed by atoms with Gasteiger partial charge in [0.15, 0.2) is 5.13 Å². The van der Waals surface area contributed by atoms with Crippen LogP contribution in [0, 0.1) is 0 Å². The van der Waals surface area contributed by atoms with Crippen LogP contribution in [-0.2, 0) is 17.8 Å². The van der Waals surface area contributed by atoms with Gasteiger partial charge in [0.2, 0.25) is 0 Å². The Morgan fingerprint density at radius 1 is 1.53 bits per heavy atom. The summed E-state index contributed by atoms with van der Waals surface area (Å²) in [5, 5.41) is 10.3. The predicted octanol–water partition coefficient (Wildman–Crippen LogP) is 1.81. The molecule has 17 heavy (non-hydrogen) atoms. The van der Waals surface area contributed by atoms with E-state index in [2.05, 4.69) is 30.7 Å². The molecule has 1 aromatic rings. The Kier molecular flexibility index (Phi) is 3.70. The van der Waals surface area contributed by atoms with Crippen LogP contribution >= 0.6 is 11.3 Å². The highest BCUT2D eigenvalue weighted by Gasteiger charge is 2.32. The average Bonchev–Trinajstić information content (AvgIpc) is 2.71. The van der Waals surface area contributed by atoms with Crippen LogP contribution in [0.15, 0.2) is 0 Å². The van der Waals surface area contributed by atoms with Gasteiger partial charge in [-0.2, -0.15) is 0 Å². The summed E-state index contributed by atoms with van der Waals surface area (Å²) < 4.78 is 5.51. The molecular formula is C12H20N2O2S. The molecular weight excluding hydrogens is 236 g/mol. The second-order valence-electron chi connectivity index (χ2n) is 4.89. The first-order valence-electron chi connectivity index (χ1n) is 6.03. The van der Waals surface area contributed by atoms with Crippen LogP contribution in [0.25, 0.3) is 0 Å². The summed E-state index contributed by atoms with van der Waals surface area (Å²) in [6, 6.07) is 0. The molecule has 2 rings (SSSR count). The summed E-state index contributed by atoms with van der Waals surface area (Å²) >= 11 is 1.60. The fraction of sp³-hybridized carbons (Fsp3) is 0.750. The molecule has 0 bridgehead atoms. The molecule has 0 spiro atoms. The maximum atomic E-state index is 9.32. The lowest BCUT2D eigenvalue weighted by atomic mass is 10.0. The molecule has 1 aromatic heterocycles. The lowest BCUT2D eigenvalue weighted by Crippen LogP contribution is -2.53. The number of hydrogen-bond acceptors (Lipinski definition) is 5. The van der Waals surface area contributed by atoms with Crippen molar-refractivity contribution in [2.75, 3.05) is 24.7 Å². The topological polar surface area (TPSA) is 45.6 Å². The highest BCUT2D eigenvalue weighted by molar-refractivity contribution is 7.15. The van der Waals surface area contributed by atoms with Crippen LogP contribution in [0.5, 0.6) is 0 Å². The van der Waals surface area contributed by atoms with E-state index in [0.717, 1.165) is 41.9 Å². The van der Waals surface area contributed by atoms with Gasteiger partial charge < -0.3 is 14.7 Å². The summed E-state index contributed by atoms with van der Waals surface area (Å²) in [5.74, 6) is 0. The number of aryl methyl sites for hydroxylation is 1. The third kappa shape index (κ3) is 2.46. The molecule has 1 fully saturated rings. The van der Waals surface area contributed by atoms with Crippen molar-refractivity contribution in [2.24, 2.45) is 0 Å². The van der Waals surface area contributed by atoms with E-state index in [1.54, 1.807) is 11.3 Å². The third-order valence-electron chi connectivity index (χ3n) is 3.12. The number of morpholine rings is 1. The Labute approximate surface area is 106 Å². The number of ether oxygens (including phenoxy) is 1. The van der Waals surface area contributed by atoms with Crippen LogP contribution in [0.4, 0.5) is 5.13 Å². The van der Waals surface area contributed by atoms with E-state index >= 15 is 0 Å². The molecule has 1 aliphatic rings. The van der Waals surface area contributed by atoms with Crippen LogP contribution in [0.3, 0.4) is 0 Å². The van der Waals surface area contributed by atoms with Crippen molar-refractivity contribution in [2.45, 2.75) is 39.3 Å². The van der Waals surface area contributed by atoms with Crippen molar-refractivity contribution >= 4 is 16.5 Å². The van der Waals surface area contributed by atoms with Gasteiger partial charge in [0, 0.05) is 6.54 Å². The number of aromatic nitrogens is 1. The van der Waals surface area contributed by atoms with Gasteiger partial charge in [-0.15, -0.1) is 0 Å². The van der Waals surface area contributed by atoms with Crippen LogP contribution < -0.4 is 4.90 Å². The Morgan fingerprint density at radius 3 is 2.82 bits per heavy atom. The van der Waals surface area contributed by atoms with Gasteiger partial charge in [0.05, 0.1) is 35.9 Å². The zero-order valence-electron chi connectivity index (χ0n) is 10.7. The van der Waals surface area contributed by atoms with Crippen molar-refractivity contribution in [1.82, 2.24) is 4.98 Å². The highest BCUT2D eigenvalue weighted by atomic mass is 32.1. The number of anilines is 1. The molecule has 0 unspecified atom stereocenters. The summed E-state index contributed by atoms with van der Waals surface area (Å²) in [7, 11) is 0. The van der Waals surface area contributed by atoms with E-state index in [9.17, 15) is 5.11 Å². The Hall–Kier alpha value is -0.650. The van der Waals surface area contributed by atoms with Crippen LogP contribution in [0.1, 0.15) is 31.3 Å². The minimum Gasteiger partial charge on any atom is -0.391 e. The molecule has 1 N–H and O–H groups in total. The number of hydrogen-bond donors (Lipinski definition) is 1. The fourth-order valence-electron chi connectivity index (χ4n) is 2.10. The lowest BCUT2D eigenvalue weighted by Gasteiger charge is -2.42. The maximum absolute atomic E-state index is 9.32. The molecule has 0 saturated carbocycles. The molecule has 2 heterocycles. The number of nitrogens with zero attached hydrogens (tertiary/aromatic N) is 2. The summed E-state index contributed by atoms with van der Waals surface area (Å²) in [6.45, 7) is 8.83. The van der Waals surface area contributed by atoms with Gasteiger partial charge in [-0.1, -0.05) is 18.3 Å². The van der Waals surface area contributed by atoms with Gasteiger partial charge in [0.1, 0.15) is 0 Å². The van der Waals surface area contributed by atoms with Gasteiger partial charge in [0.25, 0.3) is 0 Å². The van der Waals surface area contributed by atoms with Crippen molar-refractivity contribution < 1.29 is 9.84 Å². The Balaban J connectivity index is 2.29. The van der Waals surface area contributed by atoms with E-state index in [1.165, 1.54) is 0 Å².